The van der Waals surface area contributed by atoms with Gasteiger partial charge in [0.2, 0.25) is 0 Å². The third-order valence-electron chi connectivity index (χ3n) is 3.59. The van der Waals surface area contributed by atoms with Crippen molar-refractivity contribution in [2.24, 2.45) is 5.92 Å². The maximum atomic E-state index is 13.1. The van der Waals surface area contributed by atoms with E-state index in [0.29, 0.717) is 18.0 Å². The molecule has 0 N–H and O–H groups in total. The van der Waals surface area contributed by atoms with Gasteiger partial charge in [-0.3, -0.25) is 4.90 Å². The minimum Gasteiger partial charge on any atom is -0.384 e. The van der Waals surface area contributed by atoms with Crippen molar-refractivity contribution < 1.29 is 9.13 Å². The van der Waals surface area contributed by atoms with Crippen molar-refractivity contribution in [3.05, 3.63) is 35.1 Å². The van der Waals surface area contributed by atoms with Crippen LogP contribution < -0.4 is 0 Å². The SMILES string of the molecule is COC[C@H]1CCCN(Cc2ccc(F)cc2C#N)C1. The van der Waals surface area contributed by atoms with Gasteiger partial charge < -0.3 is 4.74 Å². The molecule has 0 bridgehead atoms. The Labute approximate surface area is 113 Å². The fourth-order valence-electron chi connectivity index (χ4n) is 2.70. The molecular formula is C15H19FN2O. The Bertz CT molecular complexity index is 468. The van der Waals surface area contributed by atoms with E-state index in [1.807, 2.05) is 0 Å². The van der Waals surface area contributed by atoms with Crippen LogP contribution in [0.4, 0.5) is 4.39 Å². The molecule has 19 heavy (non-hydrogen) atoms. The van der Waals surface area contributed by atoms with Crippen molar-refractivity contribution >= 4 is 0 Å². The second-order valence-electron chi connectivity index (χ2n) is 5.11. The summed E-state index contributed by atoms with van der Waals surface area (Å²) in [4.78, 5) is 2.32. The van der Waals surface area contributed by atoms with Crippen LogP contribution in [-0.4, -0.2) is 31.7 Å². The van der Waals surface area contributed by atoms with Crippen molar-refractivity contribution in [3.8, 4) is 6.07 Å². The normalized spacial score (nSPS) is 20.2. The van der Waals surface area contributed by atoms with Gasteiger partial charge in [0.25, 0.3) is 0 Å². The number of halogens is 1. The summed E-state index contributed by atoms with van der Waals surface area (Å²) < 4.78 is 18.3. The molecule has 0 aromatic heterocycles. The van der Waals surface area contributed by atoms with Crippen LogP contribution in [0.15, 0.2) is 18.2 Å². The Hall–Kier alpha value is -1.44. The lowest BCUT2D eigenvalue weighted by Crippen LogP contribution is -2.36. The van der Waals surface area contributed by atoms with Gasteiger partial charge >= 0.3 is 0 Å². The van der Waals surface area contributed by atoms with E-state index in [9.17, 15) is 4.39 Å². The van der Waals surface area contributed by atoms with E-state index < -0.39 is 0 Å². The van der Waals surface area contributed by atoms with Gasteiger partial charge in [-0.15, -0.1) is 0 Å². The molecule has 0 radical (unpaired) electrons. The number of hydrogen-bond acceptors (Lipinski definition) is 3. The zero-order chi connectivity index (χ0) is 13.7. The van der Waals surface area contributed by atoms with Gasteiger partial charge in [-0.1, -0.05) is 6.07 Å². The smallest absolute Gasteiger partial charge is 0.124 e. The van der Waals surface area contributed by atoms with Crippen molar-refractivity contribution in [1.82, 2.24) is 4.90 Å². The Kier molecular flexibility index (Phi) is 4.89. The third-order valence-corrected chi connectivity index (χ3v) is 3.59. The van der Waals surface area contributed by atoms with E-state index in [1.54, 1.807) is 13.2 Å². The summed E-state index contributed by atoms with van der Waals surface area (Å²) in [5, 5.41) is 9.05. The number of likely N-dealkylation sites (tertiary alicyclic amines) is 1. The standard InChI is InChI=1S/C15H19FN2O/c1-19-11-12-3-2-6-18(9-12)10-13-4-5-15(16)7-14(13)8-17/h4-5,7,12H,2-3,6,9-11H2,1H3/t12-/m0/s1. The molecule has 1 atom stereocenters. The molecule has 1 aromatic carbocycles. The van der Waals surface area contributed by atoms with Gasteiger partial charge in [0.05, 0.1) is 18.2 Å². The molecule has 1 aliphatic heterocycles. The lowest BCUT2D eigenvalue weighted by atomic mass is 9.98. The number of methoxy groups -OCH3 is 1. The predicted molar refractivity (Wildman–Crippen MR) is 71.0 cm³/mol. The summed E-state index contributed by atoms with van der Waals surface area (Å²) in [6.45, 7) is 3.51. The van der Waals surface area contributed by atoms with Crippen LogP contribution in [-0.2, 0) is 11.3 Å². The van der Waals surface area contributed by atoms with Gasteiger partial charge in [0.15, 0.2) is 0 Å². The highest BCUT2D eigenvalue weighted by molar-refractivity contribution is 5.37. The fraction of sp³-hybridized carbons (Fsp3) is 0.533. The van der Waals surface area contributed by atoms with E-state index in [1.165, 1.54) is 18.6 Å². The van der Waals surface area contributed by atoms with E-state index in [0.717, 1.165) is 31.7 Å². The summed E-state index contributed by atoms with van der Waals surface area (Å²) in [5.74, 6) is 0.209. The highest BCUT2D eigenvalue weighted by atomic mass is 19.1. The van der Waals surface area contributed by atoms with Crippen LogP contribution in [0.25, 0.3) is 0 Å². The number of piperidine rings is 1. The predicted octanol–water partition coefficient (Wildman–Crippen LogP) is 2.56. The largest absolute Gasteiger partial charge is 0.384 e. The second kappa shape index (κ2) is 6.65. The Balaban J connectivity index is 2.03. The number of rotatable bonds is 4. The minimum atomic E-state index is -0.351. The minimum absolute atomic E-state index is 0.351. The average Bonchev–Trinajstić information content (AvgIpc) is 2.41. The number of nitrogens with zero attached hydrogens (tertiary/aromatic N) is 2. The van der Waals surface area contributed by atoms with Crippen LogP contribution in [0.5, 0.6) is 0 Å². The van der Waals surface area contributed by atoms with Gasteiger partial charge in [0.1, 0.15) is 5.82 Å². The molecule has 0 amide bonds. The first-order valence-electron chi connectivity index (χ1n) is 6.62. The van der Waals surface area contributed by atoms with Crippen molar-refractivity contribution in [2.45, 2.75) is 19.4 Å². The maximum Gasteiger partial charge on any atom is 0.124 e. The quantitative estimate of drug-likeness (QED) is 0.836. The molecule has 4 heteroatoms. The lowest BCUT2D eigenvalue weighted by Gasteiger charge is -2.32. The van der Waals surface area contributed by atoms with Crippen LogP contribution in [0.1, 0.15) is 24.0 Å². The summed E-state index contributed by atoms with van der Waals surface area (Å²) in [7, 11) is 1.73. The van der Waals surface area contributed by atoms with Crippen LogP contribution in [0, 0.1) is 23.1 Å². The van der Waals surface area contributed by atoms with Crippen LogP contribution in [0.3, 0.4) is 0 Å². The average molecular weight is 262 g/mol. The number of benzene rings is 1. The Morgan fingerprint density at radius 1 is 1.53 bits per heavy atom. The van der Waals surface area contributed by atoms with Crippen LogP contribution in [0.2, 0.25) is 0 Å². The highest BCUT2D eigenvalue weighted by Crippen LogP contribution is 2.20. The van der Waals surface area contributed by atoms with Crippen molar-refractivity contribution in [3.63, 3.8) is 0 Å². The Morgan fingerprint density at radius 3 is 3.11 bits per heavy atom. The summed E-state index contributed by atoms with van der Waals surface area (Å²) in [6.07, 6.45) is 2.34. The zero-order valence-corrected chi connectivity index (χ0v) is 11.2. The molecule has 3 nitrogen and oxygen atoms in total. The molecule has 1 saturated heterocycles. The number of ether oxygens (including phenoxy) is 1. The van der Waals surface area contributed by atoms with E-state index in [2.05, 4.69) is 11.0 Å². The second-order valence-corrected chi connectivity index (χ2v) is 5.11. The first-order chi connectivity index (χ1) is 9.22. The molecule has 0 spiro atoms. The molecular weight excluding hydrogens is 243 g/mol. The Morgan fingerprint density at radius 2 is 2.37 bits per heavy atom. The summed E-state index contributed by atoms with van der Waals surface area (Å²) >= 11 is 0. The first-order valence-corrected chi connectivity index (χ1v) is 6.62. The van der Waals surface area contributed by atoms with Crippen LogP contribution >= 0.6 is 0 Å². The highest BCUT2D eigenvalue weighted by Gasteiger charge is 2.20. The molecule has 1 heterocycles. The number of nitriles is 1. The molecule has 0 saturated carbocycles. The molecule has 1 fully saturated rings. The first kappa shape index (κ1) is 14.0. The topological polar surface area (TPSA) is 36.3 Å². The molecule has 1 aromatic rings. The molecule has 2 rings (SSSR count). The van der Waals surface area contributed by atoms with E-state index >= 15 is 0 Å². The van der Waals surface area contributed by atoms with Gasteiger partial charge in [-0.05, 0) is 43.0 Å². The molecule has 0 aliphatic carbocycles. The van der Waals surface area contributed by atoms with Gasteiger partial charge in [0, 0.05) is 20.2 Å². The molecule has 1 aliphatic rings. The van der Waals surface area contributed by atoms with E-state index in [-0.39, 0.29) is 5.82 Å². The zero-order valence-electron chi connectivity index (χ0n) is 11.2. The fourth-order valence-corrected chi connectivity index (χ4v) is 2.70. The molecule has 102 valence electrons. The van der Waals surface area contributed by atoms with Crippen molar-refractivity contribution in [2.75, 3.05) is 26.8 Å². The monoisotopic (exact) mass is 262 g/mol. The third kappa shape index (κ3) is 3.76. The lowest BCUT2D eigenvalue weighted by molar-refractivity contribution is 0.0873. The summed E-state index contributed by atoms with van der Waals surface area (Å²) in [6, 6.07) is 6.52. The molecule has 0 unspecified atom stereocenters. The maximum absolute atomic E-state index is 13.1. The number of hydrogen-bond donors (Lipinski definition) is 0. The van der Waals surface area contributed by atoms with Gasteiger partial charge in [-0.2, -0.15) is 5.26 Å². The van der Waals surface area contributed by atoms with Gasteiger partial charge in [-0.25, -0.2) is 4.39 Å². The van der Waals surface area contributed by atoms with Crippen molar-refractivity contribution in [1.29, 1.82) is 5.26 Å². The summed E-state index contributed by atoms with van der Waals surface area (Å²) in [5.41, 5.74) is 1.34. The van der Waals surface area contributed by atoms with E-state index in [4.69, 9.17) is 10.00 Å².